The Morgan fingerprint density at radius 1 is 1.43 bits per heavy atom. The second-order valence-electron chi connectivity index (χ2n) is 2.92. The lowest BCUT2D eigenvalue weighted by Crippen LogP contribution is -1.99. The van der Waals surface area contributed by atoms with E-state index in [9.17, 15) is 0 Å². The van der Waals surface area contributed by atoms with Gasteiger partial charge in [-0.3, -0.25) is 0 Å². The summed E-state index contributed by atoms with van der Waals surface area (Å²) in [6, 6.07) is 8.06. The second-order valence-corrected chi connectivity index (χ2v) is 2.92. The van der Waals surface area contributed by atoms with Gasteiger partial charge in [0.2, 0.25) is 0 Å². The fraction of sp³-hybridized carbons (Fsp3) is 0.200. The van der Waals surface area contributed by atoms with E-state index in [4.69, 9.17) is 0 Å². The molecule has 0 saturated heterocycles. The fourth-order valence-electron chi connectivity index (χ4n) is 1.30. The fourth-order valence-corrected chi connectivity index (χ4v) is 1.30. The summed E-state index contributed by atoms with van der Waals surface area (Å²) in [5.74, 6) is 0. The summed E-state index contributed by atoms with van der Waals surface area (Å²) in [4.78, 5) is 3.91. The first-order chi connectivity index (χ1) is 6.90. The van der Waals surface area contributed by atoms with E-state index in [0.29, 0.717) is 0 Å². The van der Waals surface area contributed by atoms with E-state index in [1.807, 2.05) is 24.3 Å². The molecule has 0 aliphatic rings. The number of benzene rings is 1. The summed E-state index contributed by atoms with van der Waals surface area (Å²) in [5.41, 5.74) is 2.11. The monoisotopic (exact) mass is 188 g/mol. The number of aromatic nitrogens is 3. The lowest BCUT2D eigenvalue weighted by atomic mass is 10.3. The molecule has 4 heteroatoms. The lowest BCUT2D eigenvalue weighted by molar-refractivity contribution is 0.879. The van der Waals surface area contributed by atoms with Crippen LogP contribution in [0.4, 0.5) is 5.69 Å². The van der Waals surface area contributed by atoms with Crippen LogP contribution in [0.3, 0.4) is 0 Å². The molecule has 1 aromatic heterocycles. The van der Waals surface area contributed by atoms with E-state index in [1.165, 1.54) is 6.33 Å². The van der Waals surface area contributed by atoms with E-state index in [1.54, 1.807) is 11.0 Å². The lowest BCUT2D eigenvalue weighted by Gasteiger charge is -2.05. The minimum Gasteiger partial charge on any atom is -0.385 e. The normalized spacial score (nSPS) is 10.1. The summed E-state index contributed by atoms with van der Waals surface area (Å²) in [6.45, 7) is 2.99. The molecule has 2 rings (SSSR count). The van der Waals surface area contributed by atoms with Crippen LogP contribution in [-0.4, -0.2) is 21.3 Å². The van der Waals surface area contributed by atoms with Gasteiger partial charge in [-0.15, -0.1) is 0 Å². The number of nitrogens with one attached hydrogen (secondary N) is 1. The van der Waals surface area contributed by atoms with Crippen LogP contribution in [-0.2, 0) is 0 Å². The van der Waals surface area contributed by atoms with Crippen LogP contribution in [0.15, 0.2) is 36.9 Å². The minimum absolute atomic E-state index is 0.917. The van der Waals surface area contributed by atoms with Crippen molar-refractivity contribution < 1.29 is 0 Å². The zero-order valence-corrected chi connectivity index (χ0v) is 8.01. The molecule has 0 spiro atoms. The van der Waals surface area contributed by atoms with Gasteiger partial charge >= 0.3 is 0 Å². The Balaban J connectivity index is 2.31. The van der Waals surface area contributed by atoms with Crippen molar-refractivity contribution >= 4 is 5.69 Å². The molecule has 0 aliphatic heterocycles. The van der Waals surface area contributed by atoms with Crippen molar-refractivity contribution in [2.45, 2.75) is 6.92 Å². The Morgan fingerprint density at radius 2 is 2.36 bits per heavy atom. The van der Waals surface area contributed by atoms with Crippen LogP contribution in [0.2, 0.25) is 0 Å². The average molecular weight is 188 g/mol. The van der Waals surface area contributed by atoms with Crippen LogP contribution in [0.25, 0.3) is 5.69 Å². The number of hydrogen-bond acceptors (Lipinski definition) is 3. The standard InChI is InChI=1S/C10H12N4/c1-2-12-9-4-3-5-10(6-9)14-8-11-7-13-14/h3-8,12H,2H2,1H3. The first-order valence-corrected chi connectivity index (χ1v) is 4.59. The van der Waals surface area contributed by atoms with Gasteiger partial charge in [-0.25, -0.2) is 9.67 Å². The largest absolute Gasteiger partial charge is 0.385 e. The predicted molar refractivity (Wildman–Crippen MR) is 55.5 cm³/mol. The highest BCUT2D eigenvalue weighted by Gasteiger charge is 1.97. The van der Waals surface area contributed by atoms with Crippen molar-refractivity contribution in [3.05, 3.63) is 36.9 Å². The Kier molecular flexibility index (Phi) is 2.44. The molecule has 0 fully saturated rings. The van der Waals surface area contributed by atoms with E-state index >= 15 is 0 Å². The molecular formula is C10H12N4. The molecule has 0 saturated carbocycles. The third-order valence-corrected chi connectivity index (χ3v) is 1.91. The highest BCUT2D eigenvalue weighted by atomic mass is 15.3. The van der Waals surface area contributed by atoms with Crippen LogP contribution >= 0.6 is 0 Å². The highest BCUT2D eigenvalue weighted by Crippen LogP contribution is 2.12. The Morgan fingerprint density at radius 3 is 3.07 bits per heavy atom. The van der Waals surface area contributed by atoms with Gasteiger partial charge in [-0.2, -0.15) is 5.10 Å². The third-order valence-electron chi connectivity index (χ3n) is 1.91. The second kappa shape index (κ2) is 3.91. The molecule has 1 heterocycles. The van der Waals surface area contributed by atoms with Crippen molar-refractivity contribution in [2.75, 3.05) is 11.9 Å². The molecule has 72 valence electrons. The molecule has 0 unspecified atom stereocenters. The summed E-state index contributed by atoms with van der Waals surface area (Å²) >= 11 is 0. The van der Waals surface area contributed by atoms with E-state index in [2.05, 4.69) is 22.3 Å². The van der Waals surface area contributed by atoms with E-state index in [-0.39, 0.29) is 0 Å². The average Bonchev–Trinajstić information content (AvgIpc) is 2.71. The van der Waals surface area contributed by atoms with Gasteiger partial charge in [0, 0.05) is 12.2 Å². The Hall–Kier alpha value is -1.84. The van der Waals surface area contributed by atoms with Crippen molar-refractivity contribution in [3.63, 3.8) is 0 Å². The molecule has 2 aromatic rings. The van der Waals surface area contributed by atoms with Gasteiger partial charge in [-0.1, -0.05) is 6.07 Å². The van der Waals surface area contributed by atoms with Gasteiger partial charge in [0.1, 0.15) is 12.7 Å². The zero-order valence-electron chi connectivity index (χ0n) is 8.01. The van der Waals surface area contributed by atoms with Crippen molar-refractivity contribution in [1.29, 1.82) is 0 Å². The molecule has 0 radical (unpaired) electrons. The summed E-state index contributed by atoms with van der Waals surface area (Å²) in [6.07, 6.45) is 3.21. The maximum atomic E-state index is 4.07. The van der Waals surface area contributed by atoms with Crippen LogP contribution in [0, 0.1) is 0 Å². The van der Waals surface area contributed by atoms with Crippen molar-refractivity contribution in [1.82, 2.24) is 14.8 Å². The van der Waals surface area contributed by atoms with Crippen LogP contribution < -0.4 is 5.32 Å². The highest BCUT2D eigenvalue weighted by molar-refractivity contribution is 5.50. The maximum Gasteiger partial charge on any atom is 0.138 e. The first kappa shape index (κ1) is 8.74. The molecule has 1 N–H and O–H groups in total. The van der Waals surface area contributed by atoms with Crippen LogP contribution in [0.1, 0.15) is 6.92 Å². The van der Waals surface area contributed by atoms with Gasteiger partial charge in [0.05, 0.1) is 5.69 Å². The van der Waals surface area contributed by atoms with Crippen LogP contribution in [0.5, 0.6) is 0 Å². The topological polar surface area (TPSA) is 42.7 Å². The number of rotatable bonds is 3. The third kappa shape index (κ3) is 1.74. The quantitative estimate of drug-likeness (QED) is 0.797. The molecule has 0 amide bonds. The van der Waals surface area contributed by atoms with Gasteiger partial charge in [0.15, 0.2) is 0 Å². The molecule has 14 heavy (non-hydrogen) atoms. The van der Waals surface area contributed by atoms with E-state index in [0.717, 1.165) is 17.9 Å². The van der Waals surface area contributed by atoms with Crippen molar-refractivity contribution in [2.24, 2.45) is 0 Å². The SMILES string of the molecule is CCNc1cccc(-n2cncn2)c1. The Bertz CT molecular complexity index is 394. The number of nitrogens with zero attached hydrogens (tertiary/aromatic N) is 3. The smallest absolute Gasteiger partial charge is 0.138 e. The molecular weight excluding hydrogens is 176 g/mol. The van der Waals surface area contributed by atoms with Crippen molar-refractivity contribution in [3.8, 4) is 5.69 Å². The minimum atomic E-state index is 0.917. The molecule has 0 bridgehead atoms. The molecule has 0 atom stereocenters. The molecule has 0 aliphatic carbocycles. The predicted octanol–water partition coefficient (Wildman–Crippen LogP) is 1.70. The number of anilines is 1. The van der Waals surface area contributed by atoms with Gasteiger partial charge in [-0.05, 0) is 25.1 Å². The summed E-state index contributed by atoms with van der Waals surface area (Å²) < 4.78 is 1.74. The first-order valence-electron chi connectivity index (χ1n) is 4.59. The van der Waals surface area contributed by atoms with Gasteiger partial charge < -0.3 is 5.32 Å². The zero-order chi connectivity index (χ0) is 9.80. The summed E-state index contributed by atoms with van der Waals surface area (Å²) in [5, 5.41) is 7.31. The molecule has 4 nitrogen and oxygen atoms in total. The number of hydrogen-bond donors (Lipinski definition) is 1. The Labute approximate surface area is 82.6 Å². The van der Waals surface area contributed by atoms with E-state index < -0.39 is 0 Å². The maximum absolute atomic E-state index is 4.07. The molecule has 1 aromatic carbocycles. The summed E-state index contributed by atoms with van der Waals surface area (Å²) in [7, 11) is 0. The van der Waals surface area contributed by atoms with Gasteiger partial charge in [0.25, 0.3) is 0 Å².